The predicted molar refractivity (Wildman–Crippen MR) is 68.8 cm³/mol. The van der Waals surface area contributed by atoms with Crippen molar-refractivity contribution in [3.63, 3.8) is 0 Å². The number of nitro benzene ring substituents is 1. The van der Waals surface area contributed by atoms with Crippen LogP contribution in [0, 0.1) is 10.1 Å². The second-order valence-electron chi connectivity index (χ2n) is 4.27. The molecule has 0 aliphatic rings. The van der Waals surface area contributed by atoms with Gasteiger partial charge in [-0.1, -0.05) is 0 Å². The standard InChI is InChI=1S/C12H16N2O6/c1-7(16)12(18)13-10(6-15)11(17)8-2-4-9(5-3-8)14(19)20/h2-5,7,10-11,15-17H,6H2,1H3,(H,13,18)/t7-,10-,11-/m1/s1. The molecule has 110 valence electrons. The van der Waals surface area contributed by atoms with Crippen LogP contribution in [0.15, 0.2) is 24.3 Å². The Balaban J connectivity index is 2.82. The molecule has 4 N–H and O–H groups in total. The van der Waals surface area contributed by atoms with Crippen LogP contribution in [0.5, 0.6) is 0 Å². The molecule has 8 nitrogen and oxygen atoms in total. The van der Waals surface area contributed by atoms with Crippen molar-refractivity contribution in [1.29, 1.82) is 0 Å². The van der Waals surface area contributed by atoms with Crippen LogP contribution in [0.2, 0.25) is 0 Å². The van der Waals surface area contributed by atoms with Crippen molar-refractivity contribution < 1.29 is 25.0 Å². The molecular weight excluding hydrogens is 268 g/mol. The number of carbonyl (C=O) groups is 1. The van der Waals surface area contributed by atoms with Gasteiger partial charge in [0.2, 0.25) is 5.91 Å². The molecule has 1 rings (SSSR count). The lowest BCUT2D eigenvalue weighted by Gasteiger charge is -2.23. The fourth-order valence-corrected chi connectivity index (χ4v) is 1.55. The monoisotopic (exact) mass is 284 g/mol. The van der Waals surface area contributed by atoms with Gasteiger partial charge in [-0.2, -0.15) is 0 Å². The Labute approximate surface area is 114 Å². The van der Waals surface area contributed by atoms with Crippen LogP contribution in [0.25, 0.3) is 0 Å². The van der Waals surface area contributed by atoms with Crippen LogP contribution < -0.4 is 5.32 Å². The average molecular weight is 284 g/mol. The molecular formula is C12H16N2O6. The number of carbonyl (C=O) groups excluding carboxylic acids is 1. The largest absolute Gasteiger partial charge is 0.394 e. The highest BCUT2D eigenvalue weighted by molar-refractivity contribution is 5.80. The molecule has 0 spiro atoms. The smallest absolute Gasteiger partial charge is 0.269 e. The van der Waals surface area contributed by atoms with Gasteiger partial charge in [0, 0.05) is 12.1 Å². The zero-order valence-corrected chi connectivity index (χ0v) is 10.8. The third-order valence-corrected chi connectivity index (χ3v) is 2.73. The molecule has 1 amide bonds. The van der Waals surface area contributed by atoms with E-state index in [1.807, 2.05) is 0 Å². The number of benzene rings is 1. The van der Waals surface area contributed by atoms with Gasteiger partial charge in [-0.3, -0.25) is 14.9 Å². The average Bonchev–Trinajstić information content (AvgIpc) is 2.43. The maximum absolute atomic E-state index is 11.3. The van der Waals surface area contributed by atoms with Crippen LogP contribution in [0.4, 0.5) is 5.69 Å². The van der Waals surface area contributed by atoms with Gasteiger partial charge in [0.15, 0.2) is 0 Å². The van der Waals surface area contributed by atoms with Crippen LogP contribution in [0.1, 0.15) is 18.6 Å². The molecule has 0 aliphatic carbocycles. The minimum absolute atomic E-state index is 0.130. The number of nitro groups is 1. The lowest BCUT2D eigenvalue weighted by Crippen LogP contribution is -2.45. The Morgan fingerprint density at radius 2 is 1.90 bits per heavy atom. The van der Waals surface area contributed by atoms with Crippen molar-refractivity contribution in [3.8, 4) is 0 Å². The van der Waals surface area contributed by atoms with Gasteiger partial charge in [-0.05, 0) is 24.6 Å². The number of aliphatic hydroxyl groups is 3. The van der Waals surface area contributed by atoms with Gasteiger partial charge in [0.05, 0.1) is 17.6 Å². The van der Waals surface area contributed by atoms with Crippen molar-refractivity contribution in [2.75, 3.05) is 6.61 Å². The summed E-state index contributed by atoms with van der Waals surface area (Å²) in [6.45, 7) is 0.707. The van der Waals surface area contributed by atoms with E-state index in [1.165, 1.54) is 31.2 Å². The normalized spacial score (nSPS) is 15.2. The highest BCUT2D eigenvalue weighted by atomic mass is 16.6. The molecule has 0 fully saturated rings. The van der Waals surface area contributed by atoms with E-state index in [-0.39, 0.29) is 5.69 Å². The number of hydrogen-bond acceptors (Lipinski definition) is 6. The van der Waals surface area contributed by atoms with Crippen molar-refractivity contribution >= 4 is 11.6 Å². The van der Waals surface area contributed by atoms with E-state index in [4.69, 9.17) is 10.2 Å². The minimum Gasteiger partial charge on any atom is -0.394 e. The Kier molecular flexibility index (Phi) is 5.56. The zero-order valence-electron chi connectivity index (χ0n) is 10.8. The van der Waals surface area contributed by atoms with Gasteiger partial charge < -0.3 is 20.6 Å². The van der Waals surface area contributed by atoms with Gasteiger partial charge in [-0.15, -0.1) is 0 Å². The van der Waals surface area contributed by atoms with Gasteiger partial charge >= 0.3 is 0 Å². The molecule has 0 aromatic heterocycles. The first-order valence-electron chi connectivity index (χ1n) is 5.88. The zero-order chi connectivity index (χ0) is 15.3. The molecule has 20 heavy (non-hydrogen) atoms. The summed E-state index contributed by atoms with van der Waals surface area (Å²) >= 11 is 0. The summed E-state index contributed by atoms with van der Waals surface area (Å²) in [6.07, 6.45) is -2.52. The number of aliphatic hydroxyl groups excluding tert-OH is 3. The molecule has 8 heteroatoms. The quantitative estimate of drug-likeness (QED) is 0.410. The molecule has 3 atom stereocenters. The summed E-state index contributed by atoms with van der Waals surface area (Å²) in [5, 5.41) is 41.0. The van der Waals surface area contributed by atoms with Gasteiger partial charge in [0.1, 0.15) is 12.2 Å². The number of hydrogen-bond donors (Lipinski definition) is 4. The molecule has 0 unspecified atom stereocenters. The summed E-state index contributed by atoms with van der Waals surface area (Å²) in [6, 6.07) is 4.07. The number of nitrogens with one attached hydrogen (secondary N) is 1. The number of nitrogens with zero attached hydrogens (tertiary/aromatic N) is 1. The topological polar surface area (TPSA) is 133 Å². The van der Waals surface area contributed by atoms with Crippen molar-refractivity contribution in [3.05, 3.63) is 39.9 Å². The van der Waals surface area contributed by atoms with E-state index in [2.05, 4.69) is 5.32 Å². The first-order chi connectivity index (χ1) is 9.36. The molecule has 0 heterocycles. The first kappa shape index (κ1) is 16.0. The van der Waals surface area contributed by atoms with Crippen LogP contribution in [-0.4, -0.2) is 44.9 Å². The molecule has 0 bridgehead atoms. The van der Waals surface area contributed by atoms with Crippen molar-refractivity contribution in [2.45, 2.75) is 25.2 Å². The molecule has 0 aliphatic heterocycles. The SMILES string of the molecule is C[C@@H](O)C(=O)N[C@H](CO)[C@H](O)c1ccc([N+](=O)[O-])cc1. The van der Waals surface area contributed by atoms with Crippen LogP contribution in [0.3, 0.4) is 0 Å². The van der Waals surface area contributed by atoms with Crippen LogP contribution in [-0.2, 0) is 4.79 Å². The van der Waals surface area contributed by atoms with E-state index in [0.29, 0.717) is 5.56 Å². The van der Waals surface area contributed by atoms with E-state index < -0.39 is 35.7 Å². The summed E-state index contributed by atoms with van der Waals surface area (Å²) in [5.41, 5.74) is 0.176. The lowest BCUT2D eigenvalue weighted by molar-refractivity contribution is -0.384. The third kappa shape index (κ3) is 3.98. The Morgan fingerprint density at radius 3 is 2.30 bits per heavy atom. The minimum atomic E-state index is -1.27. The maximum Gasteiger partial charge on any atom is 0.269 e. The fraction of sp³-hybridized carbons (Fsp3) is 0.417. The molecule has 0 saturated carbocycles. The summed E-state index contributed by atoms with van der Waals surface area (Å²) in [5.74, 6) is -0.731. The van der Waals surface area contributed by atoms with E-state index in [9.17, 15) is 20.0 Å². The molecule has 0 saturated heterocycles. The molecule has 0 radical (unpaired) electrons. The summed E-state index contributed by atoms with van der Waals surface area (Å²) < 4.78 is 0. The Hall–Kier alpha value is -2.03. The van der Waals surface area contributed by atoms with E-state index in [1.54, 1.807) is 0 Å². The summed E-state index contributed by atoms with van der Waals surface area (Å²) in [7, 11) is 0. The van der Waals surface area contributed by atoms with Gasteiger partial charge in [0.25, 0.3) is 5.69 Å². The predicted octanol–water partition coefficient (Wildman–Crippen LogP) is -0.514. The number of amides is 1. The second-order valence-corrected chi connectivity index (χ2v) is 4.27. The summed E-state index contributed by atoms with van der Waals surface area (Å²) in [4.78, 5) is 21.3. The second kappa shape index (κ2) is 6.94. The molecule has 1 aromatic carbocycles. The fourth-order valence-electron chi connectivity index (χ4n) is 1.55. The Bertz CT molecular complexity index is 473. The Morgan fingerprint density at radius 1 is 1.35 bits per heavy atom. The number of non-ortho nitro benzene ring substituents is 1. The van der Waals surface area contributed by atoms with E-state index in [0.717, 1.165) is 0 Å². The maximum atomic E-state index is 11.3. The lowest BCUT2D eigenvalue weighted by atomic mass is 10.0. The highest BCUT2D eigenvalue weighted by Crippen LogP contribution is 2.20. The highest BCUT2D eigenvalue weighted by Gasteiger charge is 2.24. The third-order valence-electron chi connectivity index (χ3n) is 2.73. The van der Waals surface area contributed by atoms with Crippen LogP contribution >= 0.6 is 0 Å². The van der Waals surface area contributed by atoms with Gasteiger partial charge in [-0.25, -0.2) is 0 Å². The molecule has 1 aromatic rings. The first-order valence-corrected chi connectivity index (χ1v) is 5.88. The van der Waals surface area contributed by atoms with Crippen molar-refractivity contribution in [1.82, 2.24) is 5.32 Å². The number of rotatable bonds is 6. The van der Waals surface area contributed by atoms with E-state index >= 15 is 0 Å². The van der Waals surface area contributed by atoms with Crippen molar-refractivity contribution in [2.24, 2.45) is 0 Å².